The second kappa shape index (κ2) is 14.1. The Labute approximate surface area is 292 Å². The molecule has 7 heteroatoms. The average Bonchev–Trinajstić information content (AvgIpc) is 3.79. The number of benzene rings is 5. The van der Waals surface area contributed by atoms with E-state index in [4.69, 9.17) is 21.8 Å². The van der Waals surface area contributed by atoms with E-state index in [1.807, 2.05) is 33.6 Å². The number of rotatable bonds is 9. The molecular weight excluding hydrogens is 624 g/mol. The van der Waals surface area contributed by atoms with Crippen LogP contribution in [0.15, 0.2) is 158 Å². The van der Waals surface area contributed by atoms with Gasteiger partial charge in [-0.1, -0.05) is 121 Å². The summed E-state index contributed by atoms with van der Waals surface area (Å²) in [5, 5.41) is 11.0. The fourth-order valence-electron chi connectivity index (χ4n) is 6.93. The smallest absolute Gasteiger partial charge is 0.0972 e. The zero-order chi connectivity index (χ0) is 33.0. The van der Waals surface area contributed by atoms with Gasteiger partial charge in [-0.3, -0.25) is 9.80 Å². The average molecular weight is 661 g/mol. The molecule has 0 saturated carbocycles. The van der Waals surface area contributed by atoms with Crippen LogP contribution in [-0.4, -0.2) is 42.5 Å². The fourth-order valence-corrected chi connectivity index (χ4v) is 7.06. The highest BCUT2D eigenvalue weighted by atomic mass is 35.5. The molecule has 7 aromatic rings. The largest absolute Gasteiger partial charge is 0.280 e. The summed E-state index contributed by atoms with van der Waals surface area (Å²) in [6.07, 6.45) is 5.48. The van der Waals surface area contributed by atoms with Crippen LogP contribution in [0, 0.1) is 0 Å². The Morgan fingerprint density at radius 1 is 0.510 bits per heavy atom. The van der Waals surface area contributed by atoms with Gasteiger partial charge in [0.25, 0.3) is 0 Å². The predicted octanol–water partition coefficient (Wildman–Crippen LogP) is 9.45. The summed E-state index contributed by atoms with van der Waals surface area (Å²) in [7, 11) is 0. The van der Waals surface area contributed by atoms with Gasteiger partial charge in [-0.05, 0) is 48.4 Å². The molecule has 3 heterocycles. The van der Waals surface area contributed by atoms with E-state index < -0.39 is 0 Å². The van der Waals surface area contributed by atoms with Crippen LogP contribution in [-0.2, 0) is 13.1 Å². The second-order valence-electron chi connectivity index (χ2n) is 12.5. The van der Waals surface area contributed by atoms with Gasteiger partial charge in [0.1, 0.15) is 0 Å². The van der Waals surface area contributed by atoms with E-state index >= 15 is 0 Å². The maximum Gasteiger partial charge on any atom is 0.0972 e. The highest BCUT2D eigenvalue weighted by molar-refractivity contribution is 6.30. The summed E-state index contributed by atoms with van der Waals surface area (Å²) < 4.78 is 4.03. The molecule has 0 bridgehead atoms. The molecule has 242 valence electrons. The van der Waals surface area contributed by atoms with Crippen molar-refractivity contribution in [2.24, 2.45) is 0 Å². The number of aromatic nitrogens is 4. The molecule has 0 spiro atoms. The van der Waals surface area contributed by atoms with Gasteiger partial charge in [0, 0.05) is 65.8 Å². The first-order valence-corrected chi connectivity index (χ1v) is 17.2. The molecule has 0 unspecified atom stereocenters. The van der Waals surface area contributed by atoms with Crippen LogP contribution < -0.4 is 0 Å². The van der Waals surface area contributed by atoms with Crippen LogP contribution in [0.5, 0.6) is 0 Å². The minimum Gasteiger partial charge on any atom is -0.280 e. The lowest BCUT2D eigenvalue weighted by Gasteiger charge is -2.44. The van der Waals surface area contributed by atoms with Gasteiger partial charge in [-0.25, -0.2) is 9.36 Å². The molecule has 0 atom stereocenters. The zero-order valence-corrected chi connectivity index (χ0v) is 27.9. The van der Waals surface area contributed by atoms with E-state index in [0.29, 0.717) is 0 Å². The molecule has 0 amide bonds. The molecule has 1 aliphatic heterocycles. The SMILES string of the molecule is Clc1ccc(C2N(Cc3cn(-c4ccccc4)nc3-c3ccccc3)CCCN2Cc2cn(-c3ccccc3)nc2-c2ccccc2)cc1. The molecule has 0 N–H and O–H groups in total. The molecule has 1 saturated heterocycles. The summed E-state index contributed by atoms with van der Waals surface area (Å²) in [6.45, 7) is 3.41. The minimum atomic E-state index is 0.0263. The molecule has 6 nitrogen and oxygen atoms in total. The van der Waals surface area contributed by atoms with Gasteiger partial charge in [-0.2, -0.15) is 10.2 Å². The minimum absolute atomic E-state index is 0.0263. The molecule has 8 rings (SSSR count). The summed E-state index contributed by atoms with van der Waals surface area (Å²) in [6, 6.07) is 50.1. The van der Waals surface area contributed by atoms with Crippen LogP contribution >= 0.6 is 11.6 Å². The molecule has 49 heavy (non-hydrogen) atoms. The number of hydrogen-bond acceptors (Lipinski definition) is 4. The van der Waals surface area contributed by atoms with Gasteiger partial charge in [0.2, 0.25) is 0 Å². The topological polar surface area (TPSA) is 42.1 Å². The van der Waals surface area contributed by atoms with Crippen LogP contribution in [0.3, 0.4) is 0 Å². The monoisotopic (exact) mass is 660 g/mol. The third-order valence-electron chi connectivity index (χ3n) is 9.21. The Balaban J connectivity index is 1.18. The van der Waals surface area contributed by atoms with E-state index in [1.54, 1.807) is 0 Å². The van der Waals surface area contributed by atoms with Crippen molar-refractivity contribution in [1.29, 1.82) is 0 Å². The Kier molecular flexibility index (Phi) is 8.91. The van der Waals surface area contributed by atoms with E-state index in [0.717, 1.165) is 71.5 Å². The lowest BCUT2D eigenvalue weighted by molar-refractivity contribution is -0.00891. The van der Waals surface area contributed by atoms with E-state index in [2.05, 4.69) is 144 Å². The molecular formula is C42H37ClN6. The van der Waals surface area contributed by atoms with Crippen molar-refractivity contribution in [2.45, 2.75) is 25.7 Å². The molecule has 0 radical (unpaired) electrons. The van der Waals surface area contributed by atoms with Crippen molar-refractivity contribution >= 4 is 11.6 Å². The Hall–Kier alpha value is -5.27. The first kappa shape index (κ1) is 31.0. The van der Waals surface area contributed by atoms with Crippen molar-refractivity contribution in [3.63, 3.8) is 0 Å². The summed E-state index contributed by atoms with van der Waals surface area (Å²) in [5.74, 6) is 0. The van der Waals surface area contributed by atoms with Gasteiger partial charge in [-0.15, -0.1) is 0 Å². The third-order valence-corrected chi connectivity index (χ3v) is 9.47. The lowest BCUT2D eigenvalue weighted by Crippen LogP contribution is -2.46. The van der Waals surface area contributed by atoms with Gasteiger partial charge in [0.15, 0.2) is 0 Å². The van der Waals surface area contributed by atoms with Crippen molar-refractivity contribution in [2.75, 3.05) is 13.1 Å². The maximum atomic E-state index is 6.43. The predicted molar refractivity (Wildman–Crippen MR) is 198 cm³/mol. The normalized spacial score (nSPS) is 14.3. The van der Waals surface area contributed by atoms with Gasteiger partial charge in [0.05, 0.1) is 28.9 Å². The number of halogens is 1. The van der Waals surface area contributed by atoms with Crippen molar-refractivity contribution in [1.82, 2.24) is 29.4 Å². The van der Waals surface area contributed by atoms with Gasteiger partial charge >= 0.3 is 0 Å². The summed E-state index contributed by atoms with van der Waals surface area (Å²) >= 11 is 6.43. The molecule has 1 aliphatic rings. The Morgan fingerprint density at radius 2 is 0.918 bits per heavy atom. The third kappa shape index (κ3) is 6.72. The highest BCUT2D eigenvalue weighted by Crippen LogP contribution is 2.36. The van der Waals surface area contributed by atoms with Crippen LogP contribution in [0.25, 0.3) is 33.9 Å². The first-order valence-electron chi connectivity index (χ1n) is 16.8. The number of nitrogens with zero attached hydrogens (tertiary/aromatic N) is 6. The van der Waals surface area contributed by atoms with E-state index in [1.165, 1.54) is 16.7 Å². The first-order chi connectivity index (χ1) is 24.2. The van der Waals surface area contributed by atoms with Crippen molar-refractivity contribution in [3.05, 3.63) is 180 Å². The summed E-state index contributed by atoms with van der Waals surface area (Å²) in [5.41, 5.74) is 9.94. The van der Waals surface area contributed by atoms with Crippen LogP contribution in [0.2, 0.25) is 5.02 Å². The molecule has 0 aliphatic carbocycles. The van der Waals surface area contributed by atoms with Crippen LogP contribution in [0.1, 0.15) is 29.3 Å². The Morgan fingerprint density at radius 3 is 1.35 bits per heavy atom. The maximum absolute atomic E-state index is 6.43. The fraction of sp³-hybridized carbons (Fsp3) is 0.143. The van der Waals surface area contributed by atoms with Gasteiger partial charge < -0.3 is 0 Å². The standard InChI is InChI=1S/C42H37ClN6/c43-37-24-22-34(23-25-37)42-46(28-35-30-48(38-18-9-3-10-19-38)44-40(35)32-14-5-1-6-15-32)26-13-27-47(42)29-36-31-49(39-20-11-4-12-21-39)45-41(36)33-16-7-2-8-17-33/h1-12,14-25,30-31,42H,13,26-29H2. The molecule has 5 aromatic carbocycles. The Bertz CT molecular complexity index is 1980. The quantitative estimate of drug-likeness (QED) is 0.155. The van der Waals surface area contributed by atoms with E-state index in [9.17, 15) is 0 Å². The number of hydrogen-bond donors (Lipinski definition) is 0. The highest BCUT2D eigenvalue weighted by Gasteiger charge is 2.33. The molecule has 1 fully saturated rings. The zero-order valence-electron chi connectivity index (χ0n) is 27.2. The summed E-state index contributed by atoms with van der Waals surface area (Å²) in [4.78, 5) is 5.19. The van der Waals surface area contributed by atoms with Crippen molar-refractivity contribution in [3.8, 4) is 33.9 Å². The van der Waals surface area contributed by atoms with Crippen molar-refractivity contribution < 1.29 is 0 Å². The number of para-hydroxylation sites is 2. The molecule has 2 aromatic heterocycles. The van der Waals surface area contributed by atoms with E-state index in [-0.39, 0.29) is 6.17 Å². The lowest BCUT2D eigenvalue weighted by atomic mass is 10.0. The van der Waals surface area contributed by atoms with Crippen LogP contribution in [0.4, 0.5) is 0 Å². The second-order valence-corrected chi connectivity index (χ2v) is 13.0.